The number of benzene rings is 2. The number of hydrogen-bond donors (Lipinski definition) is 2. The first-order valence-corrected chi connectivity index (χ1v) is 10.3. The average Bonchev–Trinajstić information content (AvgIpc) is 3.20. The standard InChI is InChI=1S/C19H21N5O3S/c1-20-28(26,27)12-17-4-2-15(3-5-17)10-22-19(25)18-8-6-16(7-9-18)11-24-14-21-13-23-24/h2-9,13-14,20H,10-12H2,1H3,(H,22,25). The number of amides is 1. The van der Waals surface area contributed by atoms with E-state index in [1.807, 2.05) is 24.3 Å². The van der Waals surface area contributed by atoms with Crippen molar-refractivity contribution in [1.29, 1.82) is 0 Å². The van der Waals surface area contributed by atoms with Crippen molar-refractivity contribution < 1.29 is 13.2 Å². The number of nitrogens with zero attached hydrogens (tertiary/aromatic N) is 3. The fourth-order valence-electron chi connectivity index (χ4n) is 2.59. The summed E-state index contributed by atoms with van der Waals surface area (Å²) in [4.78, 5) is 16.2. The van der Waals surface area contributed by atoms with Crippen molar-refractivity contribution in [2.45, 2.75) is 18.8 Å². The topological polar surface area (TPSA) is 106 Å². The van der Waals surface area contributed by atoms with Gasteiger partial charge in [0.15, 0.2) is 0 Å². The maximum absolute atomic E-state index is 12.3. The zero-order valence-corrected chi connectivity index (χ0v) is 16.2. The zero-order valence-electron chi connectivity index (χ0n) is 15.4. The summed E-state index contributed by atoms with van der Waals surface area (Å²) >= 11 is 0. The lowest BCUT2D eigenvalue weighted by Gasteiger charge is -2.08. The van der Waals surface area contributed by atoms with Crippen LogP contribution in [-0.4, -0.2) is 36.1 Å². The third-order valence-electron chi connectivity index (χ3n) is 4.17. The molecule has 0 saturated carbocycles. The van der Waals surface area contributed by atoms with Gasteiger partial charge in [-0.2, -0.15) is 5.10 Å². The van der Waals surface area contributed by atoms with E-state index in [4.69, 9.17) is 0 Å². The lowest BCUT2D eigenvalue weighted by Crippen LogP contribution is -2.23. The summed E-state index contributed by atoms with van der Waals surface area (Å²) in [5.41, 5.74) is 3.17. The molecule has 0 unspecified atom stereocenters. The highest BCUT2D eigenvalue weighted by atomic mass is 32.2. The normalized spacial score (nSPS) is 11.3. The van der Waals surface area contributed by atoms with Crippen LogP contribution in [0.25, 0.3) is 0 Å². The van der Waals surface area contributed by atoms with Crippen LogP contribution >= 0.6 is 0 Å². The predicted octanol–water partition coefficient (Wildman–Crippen LogP) is 1.31. The minimum absolute atomic E-state index is 0.0723. The molecule has 1 aromatic heterocycles. The highest BCUT2D eigenvalue weighted by Gasteiger charge is 2.09. The van der Waals surface area contributed by atoms with Gasteiger partial charge in [0.2, 0.25) is 10.0 Å². The molecule has 3 rings (SSSR count). The molecule has 0 saturated heterocycles. The molecule has 0 bridgehead atoms. The Labute approximate surface area is 163 Å². The van der Waals surface area contributed by atoms with Crippen LogP contribution in [0.4, 0.5) is 0 Å². The Kier molecular flexibility index (Phi) is 6.17. The van der Waals surface area contributed by atoms with Gasteiger partial charge >= 0.3 is 0 Å². The third-order valence-corrected chi connectivity index (χ3v) is 5.51. The van der Waals surface area contributed by atoms with E-state index in [0.29, 0.717) is 24.2 Å². The second kappa shape index (κ2) is 8.77. The first kappa shape index (κ1) is 19.7. The zero-order chi connectivity index (χ0) is 20.0. The number of aromatic nitrogens is 3. The van der Waals surface area contributed by atoms with Crippen LogP contribution in [0.2, 0.25) is 0 Å². The number of carbonyl (C=O) groups excluding carboxylic acids is 1. The molecule has 0 atom stereocenters. The summed E-state index contributed by atoms with van der Waals surface area (Å²) < 4.78 is 27.1. The minimum Gasteiger partial charge on any atom is -0.348 e. The van der Waals surface area contributed by atoms with Crippen LogP contribution in [0.3, 0.4) is 0 Å². The van der Waals surface area contributed by atoms with Crippen molar-refractivity contribution in [3.05, 3.63) is 83.4 Å². The van der Waals surface area contributed by atoms with Gasteiger partial charge < -0.3 is 5.32 Å². The van der Waals surface area contributed by atoms with Gasteiger partial charge in [-0.1, -0.05) is 36.4 Å². The number of carbonyl (C=O) groups is 1. The summed E-state index contributed by atoms with van der Waals surface area (Å²) in [5.74, 6) is -0.244. The summed E-state index contributed by atoms with van der Waals surface area (Å²) in [7, 11) is -1.91. The van der Waals surface area contributed by atoms with Crippen LogP contribution < -0.4 is 10.0 Å². The van der Waals surface area contributed by atoms with Gasteiger partial charge in [-0.25, -0.2) is 22.8 Å². The van der Waals surface area contributed by atoms with E-state index in [2.05, 4.69) is 20.1 Å². The number of hydrogen-bond acceptors (Lipinski definition) is 5. The monoisotopic (exact) mass is 399 g/mol. The largest absolute Gasteiger partial charge is 0.348 e. The Morgan fingerprint density at radius 2 is 1.64 bits per heavy atom. The molecular weight excluding hydrogens is 378 g/mol. The highest BCUT2D eigenvalue weighted by Crippen LogP contribution is 2.09. The SMILES string of the molecule is CNS(=O)(=O)Cc1ccc(CNC(=O)c2ccc(Cn3cncn3)cc2)cc1. The summed E-state index contributed by atoms with van der Waals surface area (Å²) in [6.07, 6.45) is 3.12. The second-order valence-corrected chi connectivity index (χ2v) is 8.18. The number of nitrogens with one attached hydrogen (secondary N) is 2. The first-order valence-electron chi connectivity index (χ1n) is 8.64. The molecule has 1 amide bonds. The lowest BCUT2D eigenvalue weighted by atomic mass is 10.1. The Morgan fingerprint density at radius 3 is 2.25 bits per heavy atom. The second-order valence-electron chi connectivity index (χ2n) is 6.25. The van der Waals surface area contributed by atoms with Crippen molar-refractivity contribution >= 4 is 15.9 Å². The first-order chi connectivity index (χ1) is 13.4. The van der Waals surface area contributed by atoms with E-state index in [9.17, 15) is 13.2 Å². The molecule has 0 aliphatic heterocycles. The summed E-state index contributed by atoms with van der Waals surface area (Å²) in [5, 5.41) is 6.91. The average molecular weight is 399 g/mol. The van der Waals surface area contributed by atoms with Crippen molar-refractivity contribution in [3.63, 3.8) is 0 Å². The molecule has 2 aromatic carbocycles. The van der Waals surface area contributed by atoms with Gasteiger partial charge in [0, 0.05) is 12.1 Å². The van der Waals surface area contributed by atoms with Gasteiger partial charge in [-0.3, -0.25) is 4.79 Å². The number of sulfonamides is 1. The summed E-state index contributed by atoms with van der Waals surface area (Å²) in [6.45, 7) is 0.954. The fraction of sp³-hybridized carbons (Fsp3) is 0.211. The Balaban J connectivity index is 1.53. The molecule has 0 fully saturated rings. The Bertz CT molecular complexity index is 1010. The molecule has 28 heavy (non-hydrogen) atoms. The van der Waals surface area contributed by atoms with Crippen LogP contribution in [0.5, 0.6) is 0 Å². The van der Waals surface area contributed by atoms with Gasteiger partial charge in [0.05, 0.1) is 12.3 Å². The van der Waals surface area contributed by atoms with Gasteiger partial charge in [0.25, 0.3) is 5.91 Å². The smallest absolute Gasteiger partial charge is 0.251 e. The van der Waals surface area contributed by atoms with E-state index in [1.165, 1.54) is 13.4 Å². The van der Waals surface area contributed by atoms with Crippen molar-refractivity contribution in [1.82, 2.24) is 24.8 Å². The van der Waals surface area contributed by atoms with Gasteiger partial charge in [0.1, 0.15) is 12.7 Å². The molecule has 1 heterocycles. The van der Waals surface area contributed by atoms with Crippen molar-refractivity contribution in [2.24, 2.45) is 0 Å². The quantitative estimate of drug-likeness (QED) is 0.594. The van der Waals surface area contributed by atoms with Gasteiger partial charge in [-0.05, 0) is 35.9 Å². The van der Waals surface area contributed by atoms with Crippen molar-refractivity contribution in [3.8, 4) is 0 Å². The van der Waals surface area contributed by atoms with Crippen molar-refractivity contribution in [2.75, 3.05) is 7.05 Å². The lowest BCUT2D eigenvalue weighted by molar-refractivity contribution is 0.0951. The minimum atomic E-state index is -3.30. The molecule has 2 N–H and O–H groups in total. The van der Waals surface area contributed by atoms with E-state index in [-0.39, 0.29) is 11.7 Å². The van der Waals surface area contributed by atoms with E-state index in [1.54, 1.807) is 35.3 Å². The molecule has 146 valence electrons. The summed E-state index contributed by atoms with van der Waals surface area (Å²) in [6, 6.07) is 14.4. The van der Waals surface area contributed by atoms with E-state index >= 15 is 0 Å². The van der Waals surface area contributed by atoms with Crippen LogP contribution in [0.1, 0.15) is 27.0 Å². The molecule has 9 heteroatoms. The Morgan fingerprint density at radius 1 is 1.00 bits per heavy atom. The molecule has 3 aromatic rings. The van der Waals surface area contributed by atoms with Crippen LogP contribution in [0, 0.1) is 0 Å². The highest BCUT2D eigenvalue weighted by molar-refractivity contribution is 7.88. The molecule has 8 nitrogen and oxygen atoms in total. The molecule has 0 spiro atoms. The maximum atomic E-state index is 12.3. The van der Waals surface area contributed by atoms with Crippen LogP contribution in [-0.2, 0) is 28.9 Å². The Hall–Kier alpha value is -3.04. The van der Waals surface area contributed by atoms with E-state index < -0.39 is 10.0 Å². The molecular formula is C19H21N5O3S. The fourth-order valence-corrected chi connectivity index (χ4v) is 3.37. The van der Waals surface area contributed by atoms with E-state index in [0.717, 1.165) is 11.1 Å². The molecule has 0 aliphatic rings. The molecule has 0 radical (unpaired) electrons. The van der Waals surface area contributed by atoms with Gasteiger partial charge in [-0.15, -0.1) is 0 Å². The number of rotatable bonds is 8. The predicted molar refractivity (Wildman–Crippen MR) is 105 cm³/mol. The van der Waals surface area contributed by atoms with Crippen LogP contribution in [0.15, 0.2) is 61.2 Å². The molecule has 0 aliphatic carbocycles. The third kappa shape index (κ3) is 5.48. The maximum Gasteiger partial charge on any atom is 0.251 e.